The number of anilines is 1. The highest BCUT2D eigenvalue weighted by Crippen LogP contribution is 2.31. The van der Waals surface area contributed by atoms with Crippen molar-refractivity contribution >= 4 is 11.6 Å². The molecule has 0 atom stereocenters. The van der Waals surface area contributed by atoms with E-state index in [0.29, 0.717) is 12.5 Å². The Hall–Kier alpha value is -1.62. The fourth-order valence-corrected chi connectivity index (χ4v) is 2.71. The minimum absolute atomic E-state index is 0.0000190. The van der Waals surface area contributed by atoms with Gasteiger partial charge < -0.3 is 11.1 Å². The Bertz CT molecular complexity index is 554. The Balaban J connectivity index is 1.90. The molecular weight excluding hydrogens is 226 g/mol. The molecule has 0 aromatic carbocycles. The molecule has 0 amide bonds. The minimum atomic E-state index is -0.0000190. The zero-order valence-corrected chi connectivity index (χ0v) is 10.7. The fraction of sp³-hybridized carbons (Fsp3) is 0.538. The highest BCUT2D eigenvalue weighted by molar-refractivity contribution is 5.46. The first-order valence-electron chi connectivity index (χ1n) is 6.52. The van der Waals surface area contributed by atoms with Crippen molar-refractivity contribution < 1.29 is 0 Å². The van der Waals surface area contributed by atoms with Crippen LogP contribution in [0.15, 0.2) is 18.3 Å². The summed E-state index contributed by atoms with van der Waals surface area (Å²) >= 11 is 0. The van der Waals surface area contributed by atoms with Gasteiger partial charge in [-0.2, -0.15) is 4.98 Å². The van der Waals surface area contributed by atoms with E-state index in [2.05, 4.69) is 22.3 Å². The molecule has 3 N–H and O–H groups in total. The van der Waals surface area contributed by atoms with E-state index in [1.54, 1.807) is 4.52 Å². The molecular formula is C13H19N5. The van der Waals surface area contributed by atoms with Crippen LogP contribution in [0.3, 0.4) is 0 Å². The van der Waals surface area contributed by atoms with Crippen LogP contribution >= 0.6 is 0 Å². The summed E-state index contributed by atoms with van der Waals surface area (Å²) in [7, 11) is 0. The number of hydrogen-bond donors (Lipinski definition) is 2. The number of fused-ring (bicyclic) bond motifs is 1. The van der Waals surface area contributed by atoms with Crippen molar-refractivity contribution in [3.8, 4) is 0 Å². The summed E-state index contributed by atoms with van der Waals surface area (Å²) in [6.45, 7) is 2.70. The second-order valence-electron chi connectivity index (χ2n) is 5.26. The number of aryl methyl sites for hydroxylation is 1. The normalized spacial score (nSPS) is 18.3. The topological polar surface area (TPSA) is 68.2 Å². The average molecular weight is 245 g/mol. The summed E-state index contributed by atoms with van der Waals surface area (Å²) in [5.41, 5.74) is 7.98. The Kier molecular flexibility index (Phi) is 2.70. The standard InChI is InChI=1S/C13H19N5/c1-10-4-7-18-11(8-10)15-12(17-18)16-13(9-14)5-2-3-6-13/h4,7-8H,2-3,5-6,9,14H2,1H3,(H,16,17). The van der Waals surface area contributed by atoms with Gasteiger partial charge in [0.2, 0.25) is 5.95 Å². The maximum Gasteiger partial charge on any atom is 0.243 e. The van der Waals surface area contributed by atoms with Crippen LogP contribution in [-0.4, -0.2) is 26.7 Å². The Morgan fingerprint density at radius 3 is 2.94 bits per heavy atom. The van der Waals surface area contributed by atoms with E-state index >= 15 is 0 Å². The van der Waals surface area contributed by atoms with E-state index in [1.807, 2.05) is 18.3 Å². The van der Waals surface area contributed by atoms with Crippen LogP contribution in [-0.2, 0) is 0 Å². The summed E-state index contributed by atoms with van der Waals surface area (Å²) in [6.07, 6.45) is 6.62. The molecule has 1 fully saturated rings. The number of pyridine rings is 1. The number of rotatable bonds is 3. The van der Waals surface area contributed by atoms with Gasteiger partial charge in [-0.05, 0) is 37.5 Å². The Labute approximate surface area is 106 Å². The number of nitrogens with two attached hydrogens (primary N) is 1. The van der Waals surface area contributed by atoms with E-state index in [0.717, 1.165) is 18.5 Å². The highest BCUT2D eigenvalue weighted by atomic mass is 15.4. The van der Waals surface area contributed by atoms with Gasteiger partial charge in [0, 0.05) is 12.7 Å². The molecule has 96 valence electrons. The zero-order chi connectivity index (χ0) is 12.6. The number of nitrogens with one attached hydrogen (secondary N) is 1. The summed E-state index contributed by atoms with van der Waals surface area (Å²) in [5.74, 6) is 0.688. The predicted molar refractivity (Wildman–Crippen MR) is 71.6 cm³/mol. The summed E-state index contributed by atoms with van der Waals surface area (Å²) in [5, 5.41) is 7.89. The van der Waals surface area contributed by atoms with Gasteiger partial charge in [-0.3, -0.25) is 0 Å². The van der Waals surface area contributed by atoms with Gasteiger partial charge in [-0.15, -0.1) is 5.10 Å². The largest absolute Gasteiger partial charge is 0.346 e. The molecule has 1 saturated carbocycles. The molecule has 0 spiro atoms. The van der Waals surface area contributed by atoms with E-state index in [1.165, 1.54) is 18.4 Å². The van der Waals surface area contributed by atoms with E-state index < -0.39 is 0 Å². The van der Waals surface area contributed by atoms with Crippen molar-refractivity contribution in [3.63, 3.8) is 0 Å². The van der Waals surface area contributed by atoms with Crippen molar-refractivity contribution in [1.82, 2.24) is 14.6 Å². The summed E-state index contributed by atoms with van der Waals surface area (Å²) in [6, 6.07) is 4.06. The molecule has 0 unspecified atom stereocenters. The lowest BCUT2D eigenvalue weighted by molar-refractivity contribution is 0.489. The van der Waals surface area contributed by atoms with Crippen LogP contribution in [0.4, 0.5) is 5.95 Å². The molecule has 0 bridgehead atoms. The van der Waals surface area contributed by atoms with Gasteiger partial charge in [0.25, 0.3) is 0 Å². The Morgan fingerprint density at radius 2 is 2.22 bits per heavy atom. The van der Waals surface area contributed by atoms with E-state index in [9.17, 15) is 0 Å². The molecule has 0 saturated heterocycles. The van der Waals surface area contributed by atoms with Crippen molar-refractivity contribution in [2.75, 3.05) is 11.9 Å². The third-order valence-corrected chi connectivity index (χ3v) is 3.82. The maximum absolute atomic E-state index is 5.91. The van der Waals surface area contributed by atoms with E-state index in [-0.39, 0.29) is 5.54 Å². The Morgan fingerprint density at radius 1 is 1.44 bits per heavy atom. The average Bonchev–Trinajstić information content (AvgIpc) is 2.96. The molecule has 0 radical (unpaired) electrons. The first kappa shape index (κ1) is 11.5. The molecule has 5 heteroatoms. The van der Waals surface area contributed by atoms with Crippen LogP contribution in [0.5, 0.6) is 0 Å². The van der Waals surface area contributed by atoms with Crippen LogP contribution in [0, 0.1) is 6.92 Å². The van der Waals surface area contributed by atoms with Crippen LogP contribution in [0.2, 0.25) is 0 Å². The second-order valence-corrected chi connectivity index (χ2v) is 5.26. The molecule has 3 rings (SSSR count). The smallest absolute Gasteiger partial charge is 0.243 e. The summed E-state index contributed by atoms with van der Waals surface area (Å²) in [4.78, 5) is 4.52. The second kappa shape index (κ2) is 4.24. The summed E-state index contributed by atoms with van der Waals surface area (Å²) < 4.78 is 1.80. The molecule has 2 aromatic heterocycles. The zero-order valence-electron chi connectivity index (χ0n) is 10.7. The number of aromatic nitrogens is 3. The molecule has 2 aromatic rings. The molecule has 1 aliphatic carbocycles. The van der Waals surface area contributed by atoms with Crippen molar-refractivity contribution in [2.45, 2.75) is 38.1 Å². The highest BCUT2D eigenvalue weighted by Gasteiger charge is 2.33. The van der Waals surface area contributed by atoms with Gasteiger partial charge in [-0.25, -0.2) is 4.52 Å². The predicted octanol–water partition coefficient (Wildman–Crippen LogP) is 1.72. The monoisotopic (exact) mass is 245 g/mol. The molecule has 0 aliphatic heterocycles. The SMILES string of the molecule is Cc1ccn2nc(NC3(CN)CCCC3)nc2c1. The minimum Gasteiger partial charge on any atom is -0.346 e. The van der Waals surface area contributed by atoms with Gasteiger partial charge in [0.05, 0.1) is 5.54 Å². The lowest BCUT2D eigenvalue weighted by atomic mass is 9.98. The van der Waals surface area contributed by atoms with Crippen LogP contribution in [0.1, 0.15) is 31.2 Å². The van der Waals surface area contributed by atoms with Crippen LogP contribution in [0.25, 0.3) is 5.65 Å². The van der Waals surface area contributed by atoms with Crippen molar-refractivity contribution in [3.05, 3.63) is 23.9 Å². The molecule has 5 nitrogen and oxygen atoms in total. The van der Waals surface area contributed by atoms with Crippen molar-refractivity contribution in [1.29, 1.82) is 0 Å². The van der Waals surface area contributed by atoms with Gasteiger partial charge in [0.15, 0.2) is 5.65 Å². The first-order valence-corrected chi connectivity index (χ1v) is 6.52. The molecule has 18 heavy (non-hydrogen) atoms. The number of hydrogen-bond acceptors (Lipinski definition) is 4. The fourth-order valence-electron chi connectivity index (χ4n) is 2.71. The third kappa shape index (κ3) is 1.95. The lowest BCUT2D eigenvalue weighted by Crippen LogP contribution is -2.43. The lowest BCUT2D eigenvalue weighted by Gasteiger charge is -2.27. The van der Waals surface area contributed by atoms with Crippen molar-refractivity contribution in [2.24, 2.45) is 5.73 Å². The van der Waals surface area contributed by atoms with Gasteiger partial charge in [0.1, 0.15) is 0 Å². The third-order valence-electron chi connectivity index (χ3n) is 3.82. The first-order chi connectivity index (χ1) is 8.71. The molecule has 1 aliphatic rings. The van der Waals surface area contributed by atoms with E-state index in [4.69, 9.17) is 5.73 Å². The van der Waals surface area contributed by atoms with Gasteiger partial charge in [-0.1, -0.05) is 12.8 Å². The number of nitrogens with zero attached hydrogens (tertiary/aromatic N) is 3. The van der Waals surface area contributed by atoms with Gasteiger partial charge >= 0.3 is 0 Å². The maximum atomic E-state index is 5.91. The molecule has 2 heterocycles. The quantitative estimate of drug-likeness (QED) is 0.864. The van der Waals surface area contributed by atoms with Crippen LogP contribution < -0.4 is 11.1 Å².